The number of nitrogens with zero attached hydrogens (tertiary/aromatic N) is 3. The minimum Gasteiger partial charge on any atom is -0.464 e. The first-order valence-corrected chi connectivity index (χ1v) is 13.4. The molecule has 230 valence electrons. The quantitative estimate of drug-likeness (QED) is 0.110. The average Bonchev–Trinajstić information content (AvgIpc) is 2.98. The zero-order valence-electron chi connectivity index (χ0n) is 24.9. The second-order valence-corrected chi connectivity index (χ2v) is 9.57. The molecule has 0 atom stereocenters. The minimum absolute atomic E-state index is 0.0551. The molecule has 0 fully saturated rings. The molecule has 0 bridgehead atoms. The molecule has 0 saturated heterocycles. The van der Waals surface area contributed by atoms with E-state index in [1.54, 1.807) is 38.1 Å². The molecule has 43 heavy (non-hydrogen) atoms. The predicted molar refractivity (Wildman–Crippen MR) is 156 cm³/mol. The van der Waals surface area contributed by atoms with Gasteiger partial charge in [-0.3, -0.25) is 0 Å². The first-order chi connectivity index (χ1) is 20.5. The van der Waals surface area contributed by atoms with Gasteiger partial charge in [-0.05, 0) is 94.1 Å². The number of hydrogen-bond donors (Lipinski definition) is 0. The van der Waals surface area contributed by atoms with E-state index in [-0.39, 0.29) is 18.1 Å². The Morgan fingerprint density at radius 2 is 1.58 bits per heavy atom. The highest BCUT2D eigenvalue weighted by Crippen LogP contribution is 2.33. The molecule has 0 heterocycles. The molecule has 0 radical (unpaired) electrons. The van der Waals surface area contributed by atoms with Crippen molar-refractivity contribution in [3.8, 4) is 11.5 Å². The lowest BCUT2D eigenvalue weighted by Crippen LogP contribution is -2.23. The van der Waals surface area contributed by atoms with Gasteiger partial charge in [0, 0.05) is 5.56 Å². The van der Waals surface area contributed by atoms with Crippen LogP contribution in [0.5, 0.6) is 11.5 Å². The standard InChI is InChI=1S/C31H34F3N3O6/c1-7-41-37-28(22-11-13-25(14-12-22)43-26-10-8-9-24(17-26)31(32,33)34)21(4)35-42-18-23-15-19(2)20(3)16-27(23)29(36-40-6)30(38)39-5/h8-14,17H,7,15-16,18H2,1-6H3. The van der Waals surface area contributed by atoms with Crippen molar-refractivity contribution < 1.29 is 42.0 Å². The van der Waals surface area contributed by atoms with Crippen LogP contribution in [0.3, 0.4) is 0 Å². The molecule has 9 nitrogen and oxygen atoms in total. The summed E-state index contributed by atoms with van der Waals surface area (Å²) in [6, 6.07) is 11.2. The normalized spacial score (nSPS) is 15.0. The van der Waals surface area contributed by atoms with Gasteiger partial charge in [-0.25, -0.2) is 4.79 Å². The summed E-state index contributed by atoms with van der Waals surface area (Å²) in [4.78, 5) is 28.3. The van der Waals surface area contributed by atoms with Crippen molar-refractivity contribution >= 4 is 23.1 Å². The number of carbonyl (C=O) groups excluding carboxylic acids is 1. The monoisotopic (exact) mass is 601 g/mol. The average molecular weight is 602 g/mol. The van der Waals surface area contributed by atoms with Gasteiger partial charge in [0.1, 0.15) is 43.2 Å². The number of rotatable bonds is 12. The van der Waals surface area contributed by atoms with Gasteiger partial charge >= 0.3 is 12.1 Å². The molecule has 0 amide bonds. The van der Waals surface area contributed by atoms with Crippen LogP contribution in [-0.2, 0) is 30.2 Å². The smallest absolute Gasteiger partial charge is 0.416 e. The Hall–Kier alpha value is -4.61. The molecular formula is C31H34F3N3O6. The highest BCUT2D eigenvalue weighted by atomic mass is 19.4. The molecule has 0 aliphatic heterocycles. The molecule has 1 aliphatic carbocycles. The summed E-state index contributed by atoms with van der Waals surface area (Å²) in [5.41, 5.74) is 4.39. The summed E-state index contributed by atoms with van der Waals surface area (Å²) in [6.07, 6.45) is -3.43. The van der Waals surface area contributed by atoms with Crippen molar-refractivity contribution in [2.45, 2.75) is 46.7 Å². The number of allylic oxidation sites excluding steroid dienone is 2. The van der Waals surface area contributed by atoms with E-state index in [1.165, 1.54) is 26.4 Å². The highest BCUT2D eigenvalue weighted by Gasteiger charge is 2.30. The van der Waals surface area contributed by atoms with E-state index in [9.17, 15) is 18.0 Å². The number of halogens is 3. The van der Waals surface area contributed by atoms with Crippen LogP contribution in [-0.4, -0.2) is 50.5 Å². The lowest BCUT2D eigenvalue weighted by atomic mass is 9.85. The maximum Gasteiger partial charge on any atom is 0.416 e. The Labute approximate surface area is 248 Å². The number of alkyl halides is 3. The molecule has 0 saturated carbocycles. The van der Waals surface area contributed by atoms with Crippen molar-refractivity contribution in [2.24, 2.45) is 15.5 Å². The van der Waals surface area contributed by atoms with Crippen molar-refractivity contribution in [1.29, 1.82) is 0 Å². The third kappa shape index (κ3) is 8.94. The first-order valence-electron chi connectivity index (χ1n) is 13.4. The summed E-state index contributed by atoms with van der Waals surface area (Å²) >= 11 is 0. The fourth-order valence-electron chi connectivity index (χ4n) is 4.17. The largest absolute Gasteiger partial charge is 0.464 e. The van der Waals surface area contributed by atoms with Crippen LogP contribution in [0, 0.1) is 0 Å². The summed E-state index contributed by atoms with van der Waals surface area (Å²) in [5, 5.41) is 12.3. The zero-order chi connectivity index (χ0) is 31.6. The molecule has 2 aromatic carbocycles. The summed E-state index contributed by atoms with van der Waals surface area (Å²) in [7, 11) is 2.63. The van der Waals surface area contributed by atoms with Gasteiger partial charge in [0.2, 0.25) is 0 Å². The number of carbonyl (C=O) groups is 1. The van der Waals surface area contributed by atoms with Gasteiger partial charge in [0.05, 0.1) is 12.7 Å². The van der Waals surface area contributed by atoms with Gasteiger partial charge in [-0.1, -0.05) is 32.7 Å². The van der Waals surface area contributed by atoms with Crippen LogP contribution in [0.1, 0.15) is 51.7 Å². The Kier molecular flexibility index (Phi) is 11.5. The Morgan fingerprint density at radius 3 is 2.21 bits per heavy atom. The Balaban J connectivity index is 1.81. The highest BCUT2D eigenvalue weighted by molar-refractivity contribution is 6.47. The third-order valence-electron chi connectivity index (χ3n) is 6.52. The van der Waals surface area contributed by atoms with E-state index in [0.717, 1.165) is 28.9 Å². The van der Waals surface area contributed by atoms with Gasteiger partial charge < -0.3 is 24.0 Å². The lowest BCUT2D eigenvalue weighted by Gasteiger charge is -2.22. The van der Waals surface area contributed by atoms with E-state index in [2.05, 4.69) is 15.5 Å². The molecule has 0 aromatic heterocycles. The number of hydrogen-bond acceptors (Lipinski definition) is 9. The molecule has 0 unspecified atom stereocenters. The molecule has 1 aliphatic rings. The van der Waals surface area contributed by atoms with Gasteiger partial charge in [-0.2, -0.15) is 13.2 Å². The van der Waals surface area contributed by atoms with E-state index >= 15 is 0 Å². The fraction of sp³-hybridized carbons (Fsp3) is 0.355. The van der Waals surface area contributed by atoms with Crippen LogP contribution in [0.4, 0.5) is 13.2 Å². The van der Waals surface area contributed by atoms with Crippen LogP contribution < -0.4 is 4.74 Å². The summed E-state index contributed by atoms with van der Waals surface area (Å²) < 4.78 is 49.7. The second kappa shape index (κ2) is 15.0. The van der Waals surface area contributed by atoms with Crippen LogP contribution >= 0.6 is 0 Å². The van der Waals surface area contributed by atoms with E-state index in [4.69, 9.17) is 24.0 Å². The SMILES string of the molecule is CCON=C(C(C)=NOCC1=C(C(=NOC)C(=O)OC)CC(C)=C(C)C1)c1ccc(Oc2cccc(C(F)(F)F)c2)cc1. The Bertz CT molecular complexity index is 1460. The van der Waals surface area contributed by atoms with Crippen LogP contribution in [0.15, 0.2) is 86.3 Å². The molecule has 3 rings (SSSR count). The second-order valence-electron chi connectivity index (χ2n) is 9.57. The number of benzene rings is 2. The fourth-order valence-corrected chi connectivity index (χ4v) is 4.17. The lowest BCUT2D eigenvalue weighted by molar-refractivity contribution is -0.137. The molecule has 0 N–H and O–H groups in total. The maximum absolute atomic E-state index is 13.0. The van der Waals surface area contributed by atoms with Gasteiger partial charge in [0.15, 0.2) is 5.71 Å². The van der Waals surface area contributed by atoms with Crippen molar-refractivity contribution in [1.82, 2.24) is 0 Å². The topological polar surface area (TPSA) is 100 Å². The third-order valence-corrected chi connectivity index (χ3v) is 6.52. The van der Waals surface area contributed by atoms with E-state index in [1.807, 2.05) is 13.8 Å². The predicted octanol–water partition coefficient (Wildman–Crippen LogP) is 7.23. The van der Waals surface area contributed by atoms with Crippen LogP contribution in [0.2, 0.25) is 0 Å². The molecular weight excluding hydrogens is 567 g/mol. The van der Waals surface area contributed by atoms with Gasteiger partial charge in [-0.15, -0.1) is 0 Å². The number of methoxy groups -OCH3 is 1. The van der Waals surface area contributed by atoms with Crippen molar-refractivity contribution in [3.63, 3.8) is 0 Å². The molecule has 0 spiro atoms. The van der Waals surface area contributed by atoms with Gasteiger partial charge in [0.25, 0.3) is 0 Å². The number of oxime groups is 3. The number of ether oxygens (including phenoxy) is 2. The van der Waals surface area contributed by atoms with E-state index < -0.39 is 17.7 Å². The minimum atomic E-state index is -4.47. The number of esters is 1. The van der Waals surface area contributed by atoms with Crippen LogP contribution in [0.25, 0.3) is 0 Å². The maximum atomic E-state index is 13.0. The molecule has 2 aromatic rings. The first kappa shape index (κ1) is 32.9. The molecule has 12 heteroatoms. The van der Waals surface area contributed by atoms with E-state index in [0.29, 0.717) is 47.8 Å². The zero-order valence-corrected chi connectivity index (χ0v) is 24.9. The summed E-state index contributed by atoms with van der Waals surface area (Å²) in [5.74, 6) is -0.230. The summed E-state index contributed by atoms with van der Waals surface area (Å²) in [6.45, 7) is 7.87. The van der Waals surface area contributed by atoms with Crippen molar-refractivity contribution in [2.75, 3.05) is 27.4 Å². The van der Waals surface area contributed by atoms with Crippen molar-refractivity contribution in [3.05, 3.63) is 82.0 Å². The Morgan fingerprint density at radius 1 is 0.884 bits per heavy atom.